The highest BCUT2D eigenvalue weighted by Crippen LogP contribution is 2.32. The van der Waals surface area contributed by atoms with Crippen LogP contribution in [0.1, 0.15) is 25.7 Å². The Balaban J connectivity index is 1.79. The van der Waals surface area contributed by atoms with Crippen LogP contribution in [0.15, 0.2) is 0 Å². The molecule has 5 nitrogen and oxygen atoms in total. The Bertz CT molecular complexity index is 378. The van der Waals surface area contributed by atoms with Crippen molar-refractivity contribution in [1.29, 1.82) is 0 Å². The zero-order valence-corrected chi connectivity index (χ0v) is 11.0. The summed E-state index contributed by atoms with van der Waals surface area (Å²) in [6, 6.07) is 0.203. The summed E-state index contributed by atoms with van der Waals surface area (Å²) in [5.74, 6) is 0.577. The van der Waals surface area contributed by atoms with E-state index < -0.39 is 10.2 Å². The van der Waals surface area contributed by atoms with E-state index in [2.05, 4.69) is 5.32 Å². The van der Waals surface area contributed by atoms with Crippen molar-refractivity contribution in [1.82, 2.24) is 13.9 Å². The molecule has 0 aromatic heterocycles. The molecule has 0 spiro atoms. The zero-order chi connectivity index (χ0) is 11.9. The maximum absolute atomic E-state index is 12.5. The van der Waals surface area contributed by atoms with Gasteiger partial charge in [0.2, 0.25) is 0 Å². The molecule has 2 unspecified atom stereocenters. The Hall–Kier alpha value is -0.170. The molecule has 3 rings (SSSR count). The van der Waals surface area contributed by atoms with Crippen LogP contribution in [-0.4, -0.2) is 55.8 Å². The second-order valence-electron chi connectivity index (χ2n) is 5.33. The normalized spacial score (nSPS) is 36.2. The molecule has 0 radical (unpaired) electrons. The minimum Gasteiger partial charge on any atom is -0.315 e. The van der Waals surface area contributed by atoms with Gasteiger partial charge in [-0.2, -0.15) is 17.0 Å². The molecule has 3 aliphatic rings. The Kier molecular flexibility index (Phi) is 3.15. The molecule has 17 heavy (non-hydrogen) atoms. The molecule has 0 bridgehead atoms. The van der Waals surface area contributed by atoms with Crippen molar-refractivity contribution >= 4 is 10.2 Å². The Morgan fingerprint density at radius 2 is 1.82 bits per heavy atom. The molecule has 3 heterocycles. The topological polar surface area (TPSA) is 52.7 Å². The highest BCUT2D eigenvalue weighted by Gasteiger charge is 2.44. The van der Waals surface area contributed by atoms with Gasteiger partial charge in [-0.25, -0.2) is 0 Å². The highest BCUT2D eigenvalue weighted by atomic mass is 32.2. The van der Waals surface area contributed by atoms with E-state index in [9.17, 15) is 8.42 Å². The lowest BCUT2D eigenvalue weighted by Gasteiger charge is -2.33. The molecule has 2 atom stereocenters. The van der Waals surface area contributed by atoms with Crippen molar-refractivity contribution in [3.8, 4) is 0 Å². The van der Waals surface area contributed by atoms with Crippen LogP contribution in [0.25, 0.3) is 0 Å². The lowest BCUT2D eigenvalue weighted by molar-refractivity contribution is 0.263. The molecule has 3 aliphatic heterocycles. The monoisotopic (exact) mass is 259 g/mol. The third-order valence-corrected chi connectivity index (χ3v) is 6.43. The summed E-state index contributed by atoms with van der Waals surface area (Å²) in [6.07, 6.45) is 4.19. The summed E-state index contributed by atoms with van der Waals surface area (Å²) in [6.45, 7) is 4.01. The lowest BCUT2D eigenvalue weighted by atomic mass is 9.94. The maximum Gasteiger partial charge on any atom is 0.282 e. The second-order valence-corrected chi connectivity index (χ2v) is 7.21. The van der Waals surface area contributed by atoms with Crippen molar-refractivity contribution in [2.24, 2.45) is 5.92 Å². The third-order valence-electron chi connectivity index (χ3n) is 4.37. The second kappa shape index (κ2) is 4.50. The van der Waals surface area contributed by atoms with Crippen LogP contribution in [0.3, 0.4) is 0 Å². The van der Waals surface area contributed by atoms with E-state index in [0.717, 1.165) is 45.3 Å². The van der Waals surface area contributed by atoms with E-state index in [4.69, 9.17) is 0 Å². The van der Waals surface area contributed by atoms with Crippen LogP contribution in [0, 0.1) is 5.92 Å². The molecule has 0 aliphatic carbocycles. The smallest absolute Gasteiger partial charge is 0.282 e. The number of fused-ring (bicyclic) bond motifs is 1. The number of nitrogens with zero attached hydrogens (tertiary/aromatic N) is 2. The van der Waals surface area contributed by atoms with Gasteiger partial charge in [-0.05, 0) is 38.1 Å². The van der Waals surface area contributed by atoms with Crippen LogP contribution in [-0.2, 0) is 10.2 Å². The first-order valence-corrected chi connectivity index (χ1v) is 8.07. The Morgan fingerprint density at radius 1 is 1.06 bits per heavy atom. The van der Waals surface area contributed by atoms with Gasteiger partial charge in [0, 0.05) is 32.2 Å². The highest BCUT2D eigenvalue weighted by molar-refractivity contribution is 7.86. The van der Waals surface area contributed by atoms with Gasteiger partial charge in [0.1, 0.15) is 0 Å². The summed E-state index contributed by atoms with van der Waals surface area (Å²) in [5, 5.41) is 3.32. The largest absolute Gasteiger partial charge is 0.315 e. The summed E-state index contributed by atoms with van der Waals surface area (Å²) in [5.41, 5.74) is 0. The number of piperidine rings is 1. The number of nitrogens with one attached hydrogen (secondary N) is 1. The molecule has 0 aromatic carbocycles. The van der Waals surface area contributed by atoms with E-state index in [1.807, 2.05) is 0 Å². The fourth-order valence-corrected chi connectivity index (χ4v) is 5.32. The molecule has 1 N–H and O–H groups in total. The summed E-state index contributed by atoms with van der Waals surface area (Å²) >= 11 is 0. The van der Waals surface area contributed by atoms with Crippen molar-refractivity contribution in [3.63, 3.8) is 0 Å². The SMILES string of the molecule is O=S(=O)(N1CCCC1)N1CCC2CCNCC21. The van der Waals surface area contributed by atoms with E-state index in [-0.39, 0.29) is 6.04 Å². The summed E-state index contributed by atoms with van der Waals surface area (Å²) in [7, 11) is -3.18. The van der Waals surface area contributed by atoms with E-state index in [1.165, 1.54) is 0 Å². The average molecular weight is 259 g/mol. The average Bonchev–Trinajstić information content (AvgIpc) is 2.99. The van der Waals surface area contributed by atoms with Gasteiger partial charge in [-0.3, -0.25) is 0 Å². The van der Waals surface area contributed by atoms with Crippen molar-refractivity contribution < 1.29 is 8.42 Å². The number of rotatable bonds is 2. The van der Waals surface area contributed by atoms with Crippen molar-refractivity contribution in [2.75, 3.05) is 32.7 Å². The molecule has 0 aromatic rings. The first-order valence-electron chi connectivity index (χ1n) is 6.67. The Morgan fingerprint density at radius 3 is 2.59 bits per heavy atom. The molecule has 6 heteroatoms. The first-order chi connectivity index (χ1) is 8.19. The van der Waals surface area contributed by atoms with Gasteiger partial charge in [-0.15, -0.1) is 0 Å². The summed E-state index contributed by atoms with van der Waals surface area (Å²) in [4.78, 5) is 0. The van der Waals surface area contributed by atoms with Gasteiger partial charge in [-0.1, -0.05) is 0 Å². The van der Waals surface area contributed by atoms with Crippen LogP contribution in [0.5, 0.6) is 0 Å². The minimum absolute atomic E-state index is 0.203. The van der Waals surface area contributed by atoms with Gasteiger partial charge in [0.15, 0.2) is 0 Å². The van der Waals surface area contributed by atoms with Crippen LogP contribution in [0.2, 0.25) is 0 Å². The predicted octanol–water partition coefficient (Wildman–Crippen LogP) is 0.0108. The molecular weight excluding hydrogens is 238 g/mol. The molecular formula is C11H21N3O2S. The standard InChI is InChI=1S/C11H21N3O2S/c15-17(16,13-6-1-2-7-13)14-8-4-10-3-5-12-9-11(10)14/h10-12H,1-9H2. The van der Waals surface area contributed by atoms with E-state index in [1.54, 1.807) is 8.61 Å². The fraction of sp³-hybridized carbons (Fsp3) is 1.00. The van der Waals surface area contributed by atoms with E-state index >= 15 is 0 Å². The quantitative estimate of drug-likeness (QED) is 0.760. The summed E-state index contributed by atoms with van der Waals surface area (Å²) < 4.78 is 28.5. The number of hydrogen-bond acceptors (Lipinski definition) is 3. The van der Waals surface area contributed by atoms with Crippen LogP contribution in [0.4, 0.5) is 0 Å². The van der Waals surface area contributed by atoms with Gasteiger partial charge in [0.05, 0.1) is 0 Å². The molecule has 0 saturated carbocycles. The van der Waals surface area contributed by atoms with Crippen LogP contribution >= 0.6 is 0 Å². The third kappa shape index (κ3) is 2.01. The van der Waals surface area contributed by atoms with Crippen LogP contribution < -0.4 is 5.32 Å². The maximum atomic E-state index is 12.5. The van der Waals surface area contributed by atoms with Gasteiger partial charge in [0.25, 0.3) is 10.2 Å². The number of hydrogen-bond donors (Lipinski definition) is 1. The molecule has 0 amide bonds. The first kappa shape index (κ1) is 11.9. The predicted molar refractivity (Wildman–Crippen MR) is 65.8 cm³/mol. The van der Waals surface area contributed by atoms with Crippen molar-refractivity contribution in [3.05, 3.63) is 0 Å². The van der Waals surface area contributed by atoms with Crippen molar-refractivity contribution in [2.45, 2.75) is 31.7 Å². The van der Waals surface area contributed by atoms with E-state index in [0.29, 0.717) is 19.0 Å². The van der Waals surface area contributed by atoms with Gasteiger partial charge < -0.3 is 5.32 Å². The lowest BCUT2D eigenvalue weighted by Crippen LogP contribution is -2.51. The Labute approximate surface area is 103 Å². The molecule has 3 fully saturated rings. The minimum atomic E-state index is -3.18. The molecule has 98 valence electrons. The zero-order valence-electron chi connectivity index (χ0n) is 10.1. The molecule has 3 saturated heterocycles. The fourth-order valence-electron chi connectivity index (χ4n) is 3.38. The van der Waals surface area contributed by atoms with Gasteiger partial charge >= 0.3 is 0 Å².